The van der Waals surface area contributed by atoms with Crippen LogP contribution in [0.3, 0.4) is 0 Å². The summed E-state index contributed by atoms with van der Waals surface area (Å²) < 4.78 is 10.3. The van der Waals surface area contributed by atoms with E-state index in [1.165, 1.54) is 5.57 Å². The summed E-state index contributed by atoms with van der Waals surface area (Å²) in [5.74, 6) is -0.844. The molecular weight excluding hydrogens is 384 g/mol. The van der Waals surface area contributed by atoms with Gasteiger partial charge in [-0.3, -0.25) is 4.79 Å². The fourth-order valence-electron chi connectivity index (χ4n) is 2.99. The minimum absolute atomic E-state index is 0.00926. The van der Waals surface area contributed by atoms with E-state index in [2.05, 4.69) is 6.08 Å². The number of ether oxygens (including phenoxy) is 2. The van der Waals surface area contributed by atoms with E-state index in [1.54, 1.807) is 19.1 Å². The Morgan fingerprint density at radius 3 is 2.40 bits per heavy atom. The summed E-state index contributed by atoms with van der Waals surface area (Å²) in [7, 11) is 0. The molecule has 1 aliphatic heterocycles. The minimum atomic E-state index is -0.904. The van der Waals surface area contributed by atoms with Gasteiger partial charge in [0.2, 0.25) is 0 Å². The van der Waals surface area contributed by atoms with Crippen LogP contribution in [0.2, 0.25) is 0 Å². The van der Waals surface area contributed by atoms with Crippen molar-refractivity contribution in [2.24, 2.45) is 0 Å². The molecule has 0 aliphatic carbocycles. The second kappa shape index (κ2) is 13.2. The van der Waals surface area contributed by atoms with Crippen molar-refractivity contribution in [3.05, 3.63) is 46.6 Å². The highest BCUT2D eigenvalue weighted by molar-refractivity contribution is 5.92. The fourth-order valence-corrected chi connectivity index (χ4v) is 2.99. The Hall–Kier alpha value is -2.18. The smallest absolute Gasteiger partial charge is 0.337 e. The highest BCUT2D eigenvalue weighted by Gasteiger charge is 2.36. The molecule has 1 aliphatic rings. The van der Waals surface area contributed by atoms with Gasteiger partial charge in [-0.2, -0.15) is 0 Å². The first-order valence-electron chi connectivity index (χ1n) is 10.5. The summed E-state index contributed by atoms with van der Waals surface area (Å²) in [4.78, 5) is 23.3. The molecule has 0 amide bonds. The Bertz CT molecular complexity index is 707. The predicted molar refractivity (Wildman–Crippen MR) is 117 cm³/mol. The van der Waals surface area contributed by atoms with Crippen LogP contribution in [0.5, 0.6) is 0 Å². The largest absolute Gasteiger partial charge is 0.461 e. The lowest BCUT2D eigenvalue weighted by molar-refractivity contribution is -0.144. The third-order valence-corrected chi connectivity index (χ3v) is 4.68. The first-order chi connectivity index (χ1) is 14.1. The number of cyclic esters (lactones) is 1. The molecule has 0 bridgehead atoms. The van der Waals surface area contributed by atoms with Gasteiger partial charge in [0, 0.05) is 0 Å². The first kappa shape index (κ1) is 25.9. The van der Waals surface area contributed by atoms with Crippen molar-refractivity contribution in [2.45, 2.75) is 85.0 Å². The van der Waals surface area contributed by atoms with Crippen LogP contribution < -0.4 is 0 Å². The van der Waals surface area contributed by atoms with E-state index >= 15 is 0 Å². The summed E-state index contributed by atoms with van der Waals surface area (Å²) in [5.41, 5.74) is 3.68. The molecular formula is C24H36O6. The van der Waals surface area contributed by atoms with Crippen LogP contribution in [-0.2, 0) is 19.1 Å². The summed E-state index contributed by atoms with van der Waals surface area (Å²) in [6.07, 6.45) is 8.60. The van der Waals surface area contributed by atoms with Crippen LogP contribution in [-0.4, -0.2) is 47.1 Å². The molecule has 1 rings (SSSR count). The van der Waals surface area contributed by atoms with Crippen molar-refractivity contribution in [3.63, 3.8) is 0 Å². The Balaban J connectivity index is 2.38. The topological polar surface area (TPSA) is 93.1 Å². The average Bonchev–Trinajstić information content (AvgIpc) is 2.87. The van der Waals surface area contributed by atoms with Gasteiger partial charge in [0.25, 0.3) is 0 Å². The zero-order chi connectivity index (χ0) is 22.7. The van der Waals surface area contributed by atoms with Gasteiger partial charge in [-0.05, 0) is 72.5 Å². The number of rotatable bonds is 11. The molecule has 0 aromatic heterocycles. The number of allylic oxidation sites excluding steroid dienone is 5. The van der Waals surface area contributed by atoms with E-state index in [1.807, 2.05) is 33.8 Å². The summed E-state index contributed by atoms with van der Waals surface area (Å²) in [6, 6.07) is 0. The molecule has 6 heteroatoms. The van der Waals surface area contributed by atoms with E-state index in [9.17, 15) is 14.7 Å². The maximum atomic E-state index is 11.9. The first-order valence-corrected chi connectivity index (χ1v) is 10.5. The Labute approximate surface area is 180 Å². The number of esters is 2. The van der Waals surface area contributed by atoms with Crippen molar-refractivity contribution < 1.29 is 29.3 Å². The van der Waals surface area contributed by atoms with Gasteiger partial charge >= 0.3 is 11.9 Å². The molecule has 0 spiro atoms. The lowest BCUT2D eigenvalue weighted by atomic mass is 10.0. The van der Waals surface area contributed by atoms with Crippen LogP contribution in [0.15, 0.2) is 46.6 Å². The fraction of sp³-hybridized carbons (Fsp3) is 0.583. The molecule has 30 heavy (non-hydrogen) atoms. The molecule has 168 valence electrons. The van der Waals surface area contributed by atoms with E-state index < -0.39 is 30.3 Å². The minimum Gasteiger partial charge on any atom is -0.461 e. The van der Waals surface area contributed by atoms with Crippen molar-refractivity contribution in [3.8, 4) is 0 Å². The second-order valence-electron chi connectivity index (χ2n) is 8.13. The number of hydrogen-bond donors (Lipinski definition) is 2. The molecule has 0 radical (unpaired) electrons. The van der Waals surface area contributed by atoms with E-state index in [0.717, 1.165) is 30.4 Å². The standard InChI is InChI=1S/C24H36O6/c1-16(2)14-21-23(27)20(24(28)30-21)11-7-10-17(3)8-6-9-18(4)12-13-29-22(26)15-19(5)25/h8,11-12,14,19,21,23,25,27H,6-7,9-10,13,15H2,1-5H3. The lowest BCUT2D eigenvalue weighted by Gasteiger charge is -2.08. The summed E-state index contributed by atoms with van der Waals surface area (Å²) in [6.45, 7) is 9.61. The number of carbonyl (C=O) groups is 2. The van der Waals surface area contributed by atoms with E-state index in [0.29, 0.717) is 12.0 Å². The zero-order valence-corrected chi connectivity index (χ0v) is 18.8. The van der Waals surface area contributed by atoms with Crippen LogP contribution >= 0.6 is 0 Å². The third-order valence-electron chi connectivity index (χ3n) is 4.68. The number of aliphatic hydroxyl groups excluding tert-OH is 2. The average molecular weight is 421 g/mol. The summed E-state index contributed by atoms with van der Waals surface area (Å²) >= 11 is 0. The predicted octanol–water partition coefficient (Wildman–Crippen LogP) is 3.93. The molecule has 0 aromatic carbocycles. The highest BCUT2D eigenvalue weighted by Crippen LogP contribution is 2.24. The van der Waals surface area contributed by atoms with Gasteiger partial charge in [-0.15, -0.1) is 0 Å². The van der Waals surface area contributed by atoms with Crippen molar-refractivity contribution in [2.75, 3.05) is 6.61 Å². The Morgan fingerprint density at radius 1 is 1.13 bits per heavy atom. The van der Waals surface area contributed by atoms with Crippen molar-refractivity contribution in [1.82, 2.24) is 0 Å². The maximum Gasteiger partial charge on any atom is 0.337 e. The van der Waals surface area contributed by atoms with Gasteiger partial charge in [-0.1, -0.05) is 28.9 Å². The van der Waals surface area contributed by atoms with Gasteiger partial charge in [0.05, 0.1) is 18.1 Å². The van der Waals surface area contributed by atoms with E-state index in [-0.39, 0.29) is 13.0 Å². The molecule has 1 heterocycles. The number of carbonyl (C=O) groups excluding carboxylic acids is 2. The van der Waals surface area contributed by atoms with Gasteiger partial charge in [0.1, 0.15) is 12.7 Å². The number of aliphatic hydroxyl groups is 2. The molecule has 1 fully saturated rings. The number of hydrogen-bond acceptors (Lipinski definition) is 6. The Morgan fingerprint density at radius 2 is 1.77 bits per heavy atom. The Kier molecular flexibility index (Phi) is 11.4. The molecule has 2 N–H and O–H groups in total. The van der Waals surface area contributed by atoms with Gasteiger partial charge in [-0.25, -0.2) is 4.79 Å². The molecule has 0 aromatic rings. The molecule has 6 nitrogen and oxygen atoms in total. The molecule has 0 saturated carbocycles. The van der Waals surface area contributed by atoms with Crippen LogP contribution in [0.1, 0.15) is 66.7 Å². The quantitative estimate of drug-likeness (QED) is 0.299. The SMILES string of the molecule is CC(C)=CC1OC(=O)C(=CCCC(C)=CCCC(C)=CCOC(=O)CC(C)O)C1O. The van der Waals surface area contributed by atoms with Crippen LogP contribution in [0.25, 0.3) is 0 Å². The van der Waals surface area contributed by atoms with Crippen molar-refractivity contribution in [1.29, 1.82) is 0 Å². The second-order valence-corrected chi connectivity index (χ2v) is 8.13. The van der Waals surface area contributed by atoms with Crippen LogP contribution in [0, 0.1) is 0 Å². The van der Waals surface area contributed by atoms with Gasteiger partial charge < -0.3 is 19.7 Å². The monoisotopic (exact) mass is 420 g/mol. The zero-order valence-electron chi connectivity index (χ0n) is 18.8. The lowest BCUT2D eigenvalue weighted by Crippen LogP contribution is -2.19. The van der Waals surface area contributed by atoms with Crippen LogP contribution in [0.4, 0.5) is 0 Å². The van der Waals surface area contributed by atoms with Gasteiger partial charge in [0.15, 0.2) is 6.10 Å². The highest BCUT2D eigenvalue weighted by atomic mass is 16.6. The van der Waals surface area contributed by atoms with Crippen molar-refractivity contribution >= 4 is 11.9 Å². The molecule has 3 atom stereocenters. The summed E-state index contributed by atoms with van der Waals surface area (Å²) in [5, 5.41) is 19.4. The maximum absolute atomic E-state index is 11.9. The molecule has 1 saturated heterocycles. The third kappa shape index (κ3) is 10.0. The molecule has 3 unspecified atom stereocenters. The normalized spacial score (nSPS) is 22.1. The van der Waals surface area contributed by atoms with E-state index in [4.69, 9.17) is 14.6 Å².